The predicted octanol–water partition coefficient (Wildman–Crippen LogP) is 6.30. The van der Waals surface area contributed by atoms with E-state index in [9.17, 15) is 4.79 Å². The van der Waals surface area contributed by atoms with Crippen LogP contribution >= 0.6 is 46.8 Å². The van der Waals surface area contributed by atoms with Gasteiger partial charge in [0.2, 0.25) is 5.89 Å². The van der Waals surface area contributed by atoms with Gasteiger partial charge >= 0.3 is 0 Å². The van der Waals surface area contributed by atoms with Crippen molar-refractivity contribution in [2.45, 2.75) is 6.92 Å². The third-order valence-electron chi connectivity index (χ3n) is 4.19. The molecule has 9 heteroatoms. The zero-order valence-corrected chi connectivity index (χ0v) is 18.1. The van der Waals surface area contributed by atoms with Gasteiger partial charge in [0, 0.05) is 16.3 Å². The van der Waals surface area contributed by atoms with Gasteiger partial charge in [-0.15, -0.1) is 11.3 Å². The van der Waals surface area contributed by atoms with Crippen molar-refractivity contribution in [2.24, 2.45) is 0 Å². The van der Waals surface area contributed by atoms with E-state index in [-0.39, 0.29) is 11.0 Å². The normalized spacial score (nSPS) is 10.9. The maximum absolute atomic E-state index is 12.2. The van der Waals surface area contributed by atoms with Gasteiger partial charge < -0.3 is 9.73 Å². The molecule has 0 atom stereocenters. The highest BCUT2D eigenvalue weighted by molar-refractivity contribution is 7.80. The lowest BCUT2D eigenvalue weighted by Crippen LogP contribution is -2.33. The first kappa shape index (κ1) is 19.8. The number of aromatic nitrogens is 1. The van der Waals surface area contributed by atoms with Gasteiger partial charge in [-0.05, 0) is 60.4 Å². The molecule has 4 rings (SSSR count). The van der Waals surface area contributed by atoms with Crippen molar-refractivity contribution in [1.29, 1.82) is 0 Å². The Hall–Kier alpha value is -2.45. The zero-order valence-electron chi connectivity index (χ0n) is 15.0. The average Bonchev–Trinajstić information content (AvgIpc) is 3.33. The van der Waals surface area contributed by atoms with Crippen molar-refractivity contribution in [3.05, 3.63) is 68.3 Å². The minimum absolute atomic E-state index is 0.205. The average molecular weight is 462 g/mol. The summed E-state index contributed by atoms with van der Waals surface area (Å²) in [6, 6.07) is 12.4. The monoisotopic (exact) mass is 461 g/mol. The molecule has 2 heterocycles. The standard InChI is InChI=1S/C20H13Cl2N3O2S2/c1-10-12(19-23-15-9-11(21)8-13(22)17(15)27-19)4-2-5-14(10)24-20(28)25-18(26)16-6-3-7-29-16/h2-9H,1H3,(H2,24,25,26,28). The number of carbonyl (C=O) groups excluding carboxylic acids is 1. The van der Waals surface area contributed by atoms with Crippen LogP contribution in [-0.2, 0) is 0 Å². The van der Waals surface area contributed by atoms with Crippen molar-refractivity contribution < 1.29 is 9.21 Å². The number of nitrogens with zero attached hydrogens (tertiary/aromatic N) is 1. The van der Waals surface area contributed by atoms with Crippen LogP contribution in [0, 0.1) is 6.92 Å². The molecule has 0 saturated heterocycles. The third kappa shape index (κ3) is 4.13. The molecule has 29 heavy (non-hydrogen) atoms. The van der Waals surface area contributed by atoms with Gasteiger partial charge in [-0.25, -0.2) is 4.98 Å². The number of carbonyl (C=O) groups is 1. The first-order chi connectivity index (χ1) is 13.9. The van der Waals surface area contributed by atoms with Crippen LogP contribution in [0.2, 0.25) is 10.0 Å². The lowest BCUT2D eigenvalue weighted by Gasteiger charge is -2.13. The van der Waals surface area contributed by atoms with E-state index in [1.807, 2.05) is 36.6 Å². The second-order valence-electron chi connectivity index (χ2n) is 6.12. The minimum Gasteiger partial charge on any atom is -0.434 e. The van der Waals surface area contributed by atoms with Gasteiger partial charge in [-0.2, -0.15) is 0 Å². The van der Waals surface area contributed by atoms with E-state index >= 15 is 0 Å². The van der Waals surface area contributed by atoms with Crippen molar-refractivity contribution in [1.82, 2.24) is 10.3 Å². The van der Waals surface area contributed by atoms with Crippen LogP contribution in [0.15, 0.2) is 52.3 Å². The van der Waals surface area contributed by atoms with Crippen molar-refractivity contribution in [2.75, 3.05) is 5.32 Å². The van der Waals surface area contributed by atoms with Gasteiger partial charge in [0.05, 0.1) is 9.90 Å². The predicted molar refractivity (Wildman–Crippen MR) is 122 cm³/mol. The molecule has 2 aromatic carbocycles. The molecule has 2 aromatic heterocycles. The summed E-state index contributed by atoms with van der Waals surface area (Å²) in [5.74, 6) is 0.163. The van der Waals surface area contributed by atoms with Crippen LogP contribution < -0.4 is 10.6 Å². The molecule has 0 fully saturated rings. The summed E-state index contributed by atoms with van der Waals surface area (Å²) < 4.78 is 5.86. The van der Waals surface area contributed by atoms with Gasteiger partial charge in [0.25, 0.3) is 5.91 Å². The van der Waals surface area contributed by atoms with Crippen molar-refractivity contribution >= 4 is 74.6 Å². The fourth-order valence-electron chi connectivity index (χ4n) is 2.80. The maximum Gasteiger partial charge on any atom is 0.267 e. The molecule has 1 amide bonds. The van der Waals surface area contributed by atoms with E-state index in [0.29, 0.717) is 31.9 Å². The fourth-order valence-corrected chi connectivity index (χ4v) is 4.15. The third-order valence-corrected chi connectivity index (χ3v) is 5.77. The van der Waals surface area contributed by atoms with Crippen molar-refractivity contribution in [3.63, 3.8) is 0 Å². The summed E-state index contributed by atoms with van der Waals surface area (Å²) >= 11 is 18.9. The van der Waals surface area contributed by atoms with E-state index in [2.05, 4.69) is 15.6 Å². The molecule has 0 aliphatic heterocycles. The topological polar surface area (TPSA) is 67.2 Å². The highest BCUT2D eigenvalue weighted by atomic mass is 35.5. The van der Waals surface area contributed by atoms with E-state index in [1.165, 1.54) is 11.3 Å². The van der Waals surface area contributed by atoms with Gasteiger partial charge in [0.15, 0.2) is 10.7 Å². The molecular formula is C20H13Cl2N3O2S2. The van der Waals surface area contributed by atoms with E-state index in [1.54, 1.807) is 18.2 Å². The number of oxazole rings is 1. The number of hydrogen-bond acceptors (Lipinski definition) is 5. The molecule has 5 nitrogen and oxygen atoms in total. The summed E-state index contributed by atoms with van der Waals surface area (Å²) in [5.41, 5.74) is 3.40. The second-order valence-corrected chi connectivity index (χ2v) is 8.32. The number of benzene rings is 2. The highest BCUT2D eigenvalue weighted by Gasteiger charge is 2.16. The fraction of sp³-hybridized carbons (Fsp3) is 0.0500. The summed E-state index contributed by atoms with van der Waals surface area (Å²) in [4.78, 5) is 17.3. The molecule has 0 spiro atoms. The molecule has 4 aromatic rings. The van der Waals surface area contributed by atoms with Crippen LogP contribution in [0.1, 0.15) is 15.2 Å². The number of thiophene rings is 1. The Bertz CT molecular complexity index is 1240. The molecule has 0 aliphatic carbocycles. The molecule has 0 aliphatic rings. The van der Waals surface area contributed by atoms with E-state index in [4.69, 9.17) is 39.8 Å². The molecule has 0 unspecified atom stereocenters. The van der Waals surface area contributed by atoms with Gasteiger partial charge in [0.1, 0.15) is 5.52 Å². The van der Waals surface area contributed by atoms with Crippen LogP contribution in [0.5, 0.6) is 0 Å². The van der Waals surface area contributed by atoms with E-state index < -0.39 is 0 Å². The SMILES string of the molecule is Cc1c(NC(=S)NC(=O)c2cccs2)cccc1-c1nc2cc(Cl)cc(Cl)c2o1. The Labute approximate surface area is 185 Å². The number of anilines is 1. The first-order valence-electron chi connectivity index (χ1n) is 8.44. The summed E-state index contributed by atoms with van der Waals surface area (Å²) in [5, 5.41) is 8.65. The Morgan fingerprint density at radius 3 is 2.79 bits per heavy atom. The number of halogens is 2. The second kappa shape index (κ2) is 8.12. The number of fused-ring (bicyclic) bond motifs is 1. The van der Waals surface area contributed by atoms with Crippen molar-refractivity contribution in [3.8, 4) is 11.5 Å². The van der Waals surface area contributed by atoms with Crippen LogP contribution in [-0.4, -0.2) is 16.0 Å². The minimum atomic E-state index is -0.253. The number of hydrogen-bond donors (Lipinski definition) is 2. The quantitative estimate of drug-likeness (QED) is 0.350. The van der Waals surface area contributed by atoms with Crippen LogP contribution in [0.3, 0.4) is 0 Å². The Kier molecular flexibility index (Phi) is 5.56. The summed E-state index contributed by atoms with van der Waals surface area (Å²) in [6.07, 6.45) is 0. The summed E-state index contributed by atoms with van der Waals surface area (Å²) in [6.45, 7) is 1.91. The molecule has 0 radical (unpaired) electrons. The summed E-state index contributed by atoms with van der Waals surface area (Å²) in [7, 11) is 0. The zero-order chi connectivity index (χ0) is 20.5. The van der Waals surface area contributed by atoms with Crippen LogP contribution in [0.4, 0.5) is 5.69 Å². The number of nitrogens with one attached hydrogen (secondary N) is 2. The Balaban J connectivity index is 1.60. The molecule has 2 N–H and O–H groups in total. The highest BCUT2D eigenvalue weighted by Crippen LogP contribution is 2.34. The lowest BCUT2D eigenvalue weighted by atomic mass is 10.1. The Morgan fingerprint density at radius 2 is 2.03 bits per heavy atom. The van der Waals surface area contributed by atoms with Gasteiger partial charge in [-0.3, -0.25) is 10.1 Å². The molecular weight excluding hydrogens is 449 g/mol. The largest absolute Gasteiger partial charge is 0.434 e. The molecule has 146 valence electrons. The number of rotatable bonds is 3. The number of amides is 1. The lowest BCUT2D eigenvalue weighted by molar-refractivity contribution is 0.0981. The maximum atomic E-state index is 12.2. The van der Waals surface area contributed by atoms with E-state index in [0.717, 1.165) is 16.8 Å². The molecule has 0 saturated carbocycles. The van der Waals surface area contributed by atoms with Crippen LogP contribution in [0.25, 0.3) is 22.6 Å². The Morgan fingerprint density at radius 1 is 1.21 bits per heavy atom. The number of thiocarbonyl (C=S) groups is 1. The smallest absolute Gasteiger partial charge is 0.267 e. The molecule has 0 bridgehead atoms. The first-order valence-corrected chi connectivity index (χ1v) is 10.5. The van der Waals surface area contributed by atoms with Gasteiger partial charge in [-0.1, -0.05) is 35.3 Å².